The molecule has 178 valence electrons. The summed E-state index contributed by atoms with van der Waals surface area (Å²) in [5, 5.41) is 3.76. The third-order valence-electron chi connectivity index (χ3n) is 5.98. The summed E-state index contributed by atoms with van der Waals surface area (Å²) in [4.78, 5) is 12.8. The first-order valence-corrected chi connectivity index (χ1v) is 13.2. The van der Waals surface area contributed by atoms with Crippen LogP contribution in [0.3, 0.4) is 0 Å². The minimum Gasteiger partial charge on any atom is -0.486 e. The van der Waals surface area contributed by atoms with Crippen LogP contribution in [0.2, 0.25) is 10.0 Å². The first-order chi connectivity index (χ1) is 15.7. The van der Waals surface area contributed by atoms with Crippen molar-refractivity contribution >= 4 is 39.1 Å². The zero-order valence-electron chi connectivity index (χ0n) is 18.2. The van der Waals surface area contributed by atoms with Gasteiger partial charge in [0.05, 0.1) is 21.8 Å². The molecule has 1 fully saturated rings. The van der Waals surface area contributed by atoms with Crippen LogP contribution in [0.25, 0.3) is 0 Å². The fourth-order valence-electron chi connectivity index (χ4n) is 4.07. The number of ether oxygens (including phenoxy) is 2. The highest BCUT2D eigenvalue weighted by Gasteiger charge is 2.32. The van der Waals surface area contributed by atoms with Crippen LogP contribution in [0, 0.1) is 5.92 Å². The minimum atomic E-state index is -3.52. The van der Waals surface area contributed by atoms with Gasteiger partial charge in [-0.1, -0.05) is 35.3 Å². The summed E-state index contributed by atoms with van der Waals surface area (Å²) in [6.45, 7) is 3.56. The molecule has 1 saturated heterocycles. The normalized spacial score (nSPS) is 18.0. The predicted molar refractivity (Wildman–Crippen MR) is 127 cm³/mol. The number of amides is 1. The molecule has 0 saturated carbocycles. The van der Waals surface area contributed by atoms with E-state index in [1.807, 2.05) is 25.1 Å². The Balaban J connectivity index is 1.31. The molecular weight excluding hydrogens is 487 g/mol. The average molecular weight is 513 g/mol. The number of hydrogen-bond donors (Lipinski definition) is 1. The first kappa shape index (κ1) is 24.1. The summed E-state index contributed by atoms with van der Waals surface area (Å²) < 4.78 is 38.3. The highest BCUT2D eigenvalue weighted by Crippen LogP contribution is 2.33. The van der Waals surface area contributed by atoms with E-state index in [4.69, 9.17) is 32.7 Å². The lowest BCUT2D eigenvalue weighted by molar-refractivity contribution is -0.126. The Hall–Kier alpha value is -2.00. The smallest absolute Gasteiger partial charge is 0.223 e. The second-order valence-electron chi connectivity index (χ2n) is 8.31. The number of hydrogen-bond acceptors (Lipinski definition) is 5. The van der Waals surface area contributed by atoms with Crippen molar-refractivity contribution in [2.45, 2.75) is 31.6 Å². The van der Waals surface area contributed by atoms with E-state index < -0.39 is 10.0 Å². The molecule has 2 aliphatic rings. The van der Waals surface area contributed by atoms with Crippen LogP contribution in [0.15, 0.2) is 36.4 Å². The highest BCUT2D eigenvalue weighted by molar-refractivity contribution is 7.88. The number of carbonyl (C=O) groups is 1. The van der Waals surface area contributed by atoms with Gasteiger partial charge in [0.1, 0.15) is 13.2 Å². The Labute approximate surface area is 204 Å². The zero-order valence-corrected chi connectivity index (χ0v) is 20.5. The van der Waals surface area contributed by atoms with Gasteiger partial charge in [0.2, 0.25) is 15.9 Å². The van der Waals surface area contributed by atoms with Crippen molar-refractivity contribution in [3.8, 4) is 11.5 Å². The fourth-order valence-corrected chi connectivity index (χ4v) is 5.94. The fraction of sp³-hybridized carbons (Fsp3) is 0.435. The van der Waals surface area contributed by atoms with Crippen molar-refractivity contribution in [2.24, 2.45) is 5.92 Å². The molecule has 2 heterocycles. The van der Waals surface area contributed by atoms with Crippen molar-refractivity contribution in [1.82, 2.24) is 9.62 Å². The van der Waals surface area contributed by atoms with E-state index in [0.29, 0.717) is 66.3 Å². The molecular formula is C23H26Cl2N2O5S. The van der Waals surface area contributed by atoms with Crippen molar-refractivity contribution in [3.63, 3.8) is 0 Å². The van der Waals surface area contributed by atoms with E-state index in [1.54, 1.807) is 18.2 Å². The molecule has 2 aliphatic heterocycles. The molecule has 0 spiro atoms. The third kappa shape index (κ3) is 5.74. The van der Waals surface area contributed by atoms with Gasteiger partial charge in [0.15, 0.2) is 11.5 Å². The van der Waals surface area contributed by atoms with E-state index in [1.165, 1.54) is 4.31 Å². The Bertz CT molecular complexity index is 1130. The van der Waals surface area contributed by atoms with Crippen LogP contribution in [0.5, 0.6) is 11.5 Å². The summed E-state index contributed by atoms with van der Waals surface area (Å²) in [5.41, 5.74) is 1.51. The topological polar surface area (TPSA) is 84.9 Å². The Morgan fingerprint density at radius 2 is 1.76 bits per heavy atom. The Morgan fingerprint density at radius 1 is 1.06 bits per heavy atom. The van der Waals surface area contributed by atoms with Gasteiger partial charge in [0.25, 0.3) is 0 Å². The lowest BCUT2D eigenvalue weighted by Crippen LogP contribution is -2.43. The number of halogens is 2. The molecule has 33 heavy (non-hydrogen) atoms. The molecule has 2 aromatic rings. The highest BCUT2D eigenvalue weighted by atomic mass is 35.5. The van der Waals surface area contributed by atoms with Gasteiger partial charge < -0.3 is 14.8 Å². The number of carbonyl (C=O) groups excluding carboxylic acids is 1. The molecule has 0 radical (unpaired) electrons. The first-order valence-electron chi connectivity index (χ1n) is 10.8. The third-order valence-corrected chi connectivity index (χ3v) is 8.57. The number of fused-ring (bicyclic) bond motifs is 1. The molecule has 1 amide bonds. The molecule has 0 bridgehead atoms. The maximum atomic E-state index is 12.8. The van der Waals surface area contributed by atoms with Crippen molar-refractivity contribution in [1.29, 1.82) is 0 Å². The van der Waals surface area contributed by atoms with E-state index in [2.05, 4.69) is 5.32 Å². The molecule has 0 aliphatic carbocycles. The Morgan fingerprint density at radius 3 is 2.45 bits per heavy atom. The second kappa shape index (κ2) is 10.1. The molecule has 7 nitrogen and oxygen atoms in total. The molecule has 0 aromatic heterocycles. The lowest BCUT2D eigenvalue weighted by atomic mass is 9.96. The van der Waals surface area contributed by atoms with Crippen LogP contribution in [0.4, 0.5) is 0 Å². The minimum absolute atomic E-state index is 0.0704. The number of nitrogens with zero attached hydrogens (tertiary/aromatic N) is 1. The molecule has 1 atom stereocenters. The van der Waals surface area contributed by atoms with Crippen LogP contribution < -0.4 is 14.8 Å². The monoisotopic (exact) mass is 512 g/mol. The van der Waals surface area contributed by atoms with Crippen molar-refractivity contribution < 1.29 is 22.7 Å². The van der Waals surface area contributed by atoms with Crippen LogP contribution in [0.1, 0.15) is 36.9 Å². The van der Waals surface area contributed by atoms with Crippen molar-refractivity contribution in [3.05, 3.63) is 57.6 Å². The Kier molecular flexibility index (Phi) is 7.38. The maximum absolute atomic E-state index is 12.8. The number of sulfonamides is 1. The van der Waals surface area contributed by atoms with E-state index >= 15 is 0 Å². The lowest BCUT2D eigenvalue weighted by Gasteiger charge is -2.31. The standard InChI is InChI=1S/C23H26Cl2N2O5S/c1-15(18-3-5-21-22(13-18)32-11-10-31-21)26-23(28)17-6-8-27(9-7-17)33(29,30)14-16-2-4-19(24)20(25)12-16/h2-5,12-13,15,17H,6-11,14H2,1H3,(H,26,28)/t15-/m0/s1. The largest absolute Gasteiger partial charge is 0.486 e. The van der Waals surface area contributed by atoms with Gasteiger partial charge in [-0.15, -0.1) is 0 Å². The summed E-state index contributed by atoms with van der Waals surface area (Å²) in [6, 6.07) is 10.3. The van der Waals surface area contributed by atoms with Gasteiger partial charge >= 0.3 is 0 Å². The molecule has 4 rings (SSSR count). The van der Waals surface area contributed by atoms with Gasteiger partial charge in [-0.2, -0.15) is 0 Å². The van der Waals surface area contributed by atoms with Gasteiger partial charge in [-0.25, -0.2) is 12.7 Å². The van der Waals surface area contributed by atoms with Gasteiger partial charge in [-0.3, -0.25) is 4.79 Å². The molecule has 1 N–H and O–H groups in total. The van der Waals surface area contributed by atoms with Gasteiger partial charge in [-0.05, 0) is 55.2 Å². The van der Waals surface area contributed by atoms with Crippen LogP contribution in [-0.2, 0) is 20.6 Å². The van der Waals surface area contributed by atoms with E-state index in [-0.39, 0.29) is 23.6 Å². The summed E-state index contributed by atoms with van der Waals surface area (Å²) in [7, 11) is -3.52. The number of nitrogens with one attached hydrogen (secondary N) is 1. The van der Waals surface area contributed by atoms with E-state index in [9.17, 15) is 13.2 Å². The number of benzene rings is 2. The molecule has 2 aromatic carbocycles. The average Bonchev–Trinajstić information content (AvgIpc) is 2.81. The van der Waals surface area contributed by atoms with Crippen LogP contribution >= 0.6 is 23.2 Å². The number of rotatable bonds is 6. The second-order valence-corrected chi connectivity index (χ2v) is 11.1. The van der Waals surface area contributed by atoms with Crippen molar-refractivity contribution in [2.75, 3.05) is 26.3 Å². The summed E-state index contributed by atoms with van der Waals surface area (Å²) in [5.74, 6) is 0.931. The summed E-state index contributed by atoms with van der Waals surface area (Å²) in [6.07, 6.45) is 0.945. The molecule has 10 heteroatoms. The summed E-state index contributed by atoms with van der Waals surface area (Å²) >= 11 is 11.9. The quantitative estimate of drug-likeness (QED) is 0.627. The van der Waals surface area contributed by atoms with Gasteiger partial charge in [0, 0.05) is 19.0 Å². The zero-order chi connectivity index (χ0) is 23.6. The van der Waals surface area contributed by atoms with E-state index in [0.717, 1.165) is 5.56 Å². The number of piperidine rings is 1. The predicted octanol–water partition coefficient (Wildman–Crippen LogP) is 4.18. The van der Waals surface area contributed by atoms with Crippen LogP contribution in [-0.4, -0.2) is 44.9 Å². The SMILES string of the molecule is C[C@H](NC(=O)C1CCN(S(=O)(=O)Cc2ccc(Cl)c(Cl)c2)CC1)c1ccc2c(c1)OCCO2. The molecule has 0 unspecified atom stereocenters. The maximum Gasteiger partial charge on any atom is 0.223 e.